The van der Waals surface area contributed by atoms with Crippen LogP contribution in [0.4, 0.5) is 13.6 Å². The van der Waals surface area contributed by atoms with Crippen molar-refractivity contribution in [1.29, 1.82) is 5.26 Å². The van der Waals surface area contributed by atoms with Gasteiger partial charge in [-0.05, 0) is 12.0 Å². The van der Waals surface area contributed by atoms with E-state index in [2.05, 4.69) is 0 Å². The molecule has 1 amide bonds. The van der Waals surface area contributed by atoms with Crippen molar-refractivity contribution >= 4 is 6.09 Å². The van der Waals surface area contributed by atoms with Crippen LogP contribution in [0, 0.1) is 17.2 Å². The largest absolute Gasteiger partial charge is 0.445 e. The molecule has 1 fully saturated rings. The maximum atomic E-state index is 13.6. The van der Waals surface area contributed by atoms with Gasteiger partial charge in [-0.3, -0.25) is 0 Å². The Morgan fingerprint density at radius 3 is 2.75 bits per heavy atom. The minimum absolute atomic E-state index is 0.0378. The molecule has 106 valence electrons. The Morgan fingerprint density at radius 1 is 1.45 bits per heavy atom. The second kappa shape index (κ2) is 5.87. The number of hydrogen-bond donors (Lipinski definition) is 0. The van der Waals surface area contributed by atoms with Gasteiger partial charge in [0, 0.05) is 6.54 Å². The third-order valence-electron chi connectivity index (χ3n) is 3.22. The van der Waals surface area contributed by atoms with Crippen molar-refractivity contribution in [3.05, 3.63) is 35.9 Å². The first-order chi connectivity index (χ1) is 9.53. The van der Waals surface area contributed by atoms with Crippen LogP contribution in [-0.2, 0) is 11.3 Å². The van der Waals surface area contributed by atoms with E-state index in [4.69, 9.17) is 10.00 Å². The zero-order valence-electron chi connectivity index (χ0n) is 10.8. The molecule has 0 aromatic heterocycles. The summed E-state index contributed by atoms with van der Waals surface area (Å²) in [6.07, 6.45) is -0.811. The first-order valence-corrected chi connectivity index (χ1v) is 6.26. The highest BCUT2D eigenvalue weighted by atomic mass is 19.3. The second-order valence-electron chi connectivity index (χ2n) is 4.69. The second-order valence-corrected chi connectivity index (χ2v) is 4.69. The van der Waals surface area contributed by atoms with E-state index in [1.54, 1.807) is 30.3 Å². The van der Waals surface area contributed by atoms with Crippen molar-refractivity contribution in [2.75, 3.05) is 13.1 Å². The summed E-state index contributed by atoms with van der Waals surface area (Å²) >= 11 is 0. The Hall–Kier alpha value is -2.16. The number of halogens is 2. The number of benzene rings is 1. The van der Waals surface area contributed by atoms with Crippen LogP contribution >= 0.6 is 0 Å². The fraction of sp³-hybridized carbons (Fsp3) is 0.429. The molecular weight excluding hydrogens is 266 g/mol. The first-order valence-electron chi connectivity index (χ1n) is 6.26. The number of hydrogen-bond acceptors (Lipinski definition) is 3. The molecule has 0 N–H and O–H groups in total. The van der Waals surface area contributed by atoms with Gasteiger partial charge in [0.25, 0.3) is 5.92 Å². The normalized spacial score (nSPS) is 21.1. The van der Waals surface area contributed by atoms with Crippen LogP contribution in [0.2, 0.25) is 0 Å². The summed E-state index contributed by atoms with van der Waals surface area (Å²) in [6, 6.07) is 10.6. The Morgan fingerprint density at radius 2 is 2.15 bits per heavy atom. The molecule has 1 aliphatic rings. The number of amides is 1. The molecule has 1 saturated heterocycles. The Labute approximate surface area is 115 Å². The van der Waals surface area contributed by atoms with Gasteiger partial charge in [0.2, 0.25) is 0 Å². The quantitative estimate of drug-likeness (QED) is 0.837. The molecule has 1 atom stereocenters. The standard InChI is InChI=1S/C14H14F2N2O2/c15-14(16)10-18(7-6-12(14)8-17)13(19)20-9-11-4-2-1-3-5-11/h1-5,12H,6-7,9-10H2. The zero-order chi connectivity index (χ0) is 14.6. The van der Waals surface area contributed by atoms with Gasteiger partial charge < -0.3 is 9.64 Å². The molecule has 1 heterocycles. The average Bonchev–Trinajstić information content (AvgIpc) is 2.44. The SMILES string of the molecule is N#CC1CCN(C(=O)OCc2ccccc2)CC1(F)F. The Balaban J connectivity index is 1.89. The van der Waals surface area contributed by atoms with Gasteiger partial charge in [0.1, 0.15) is 12.5 Å². The zero-order valence-corrected chi connectivity index (χ0v) is 10.8. The predicted octanol–water partition coefficient (Wildman–Crippen LogP) is 2.80. The van der Waals surface area contributed by atoms with Crippen molar-refractivity contribution in [3.8, 4) is 6.07 Å². The molecule has 1 aliphatic heterocycles. The lowest BCUT2D eigenvalue weighted by Crippen LogP contribution is -2.50. The number of alkyl halides is 2. The average molecular weight is 280 g/mol. The number of carbonyl (C=O) groups excluding carboxylic acids is 1. The van der Waals surface area contributed by atoms with Gasteiger partial charge in [-0.15, -0.1) is 0 Å². The summed E-state index contributed by atoms with van der Waals surface area (Å²) in [6.45, 7) is -0.607. The van der Waals surface area contributed by atoms with Crippen molar-refractivity contribution in [2.24, 2.45) is 5.92 Å². The van der Waals surface area contributed by atoms with Crippen LogP contribution < -0.4 is 0 Å². The molecular formula is C14H14F2N2O2. The number of likely N-dealkylation sites (tertiary alicyclic amines) is 1. The van der Waals surface area contributed by atoms with Crippen LogP contribution in [0.5, 0.6) is 0 Å². The fourth-order valence-electron chi connectivity index (χ4n) is 2.07. The van der Waals surface area contributed by atoms with Crippen molar-refractivity contribution in [3.63, 3.8) is 0 Å². The van der Waals surface area contributed by atoms with E-state index in [9.17, 15) is 13.6 Å². The molecule has 1 aromatic carbocycles. The number of ether oxygens (including phenoxy) is 1. The number of nitriles is 1. The third kappa shape index (κ3) is 3.23. The summed E-state index contributed by atoms with van der Waals surface area (Å²) in [5.74, 6) is -4.51. The minimum Gasteiger partial charge on any atom is -0.445 e. The Bertz CT molecular complexity index is 514. The summed E-state index contributed by atoms with van der Waals surface area (Å²) in [5, 5.41) is 8.64. The van der Waals surface area contributed by atoms with E-state index in [1.165, 1.54) is 0 Å². The summed E-state index contributed by atoms with van der Waals surface area (Å²) in [5.41, 5.74) is 0.791. The van der Waals surface area contributed by atoms with Gasteiger partial charge in [-0.2, -0.15) is 5.26 Å². The van der Waals surface area contributed by atoms with Crippen molar-refractivity contribution < 1.29 is 18.3 Å². The minimum atomic E-state index is -3.18. The van der Waals surface area contributed by atoms with Gasteiger partial charge in [0.15, 0.2) is 0 Å². The molecule has 6 heteroatoms. The highest BCUT2D eigenvalue weighted by molar-refractivity contribution is 5.68. The fourth-order valence-corrected chi connectivity index (χ4v) is 2.07. The monoisotopic (exact) mass is 280 g/mol. The first kappa shape index (κ1) is 14.3. The van der Waals surface area contributed by atoms with Crippen molar-refractivity contribution in [1.82, 2.24) is 4.90 Å². The van der Waals surface area contributed by atoms with Crippen LogP contribution in [0.25, 0.3) is 0 Å². The highest BCUT2D eigenvalue weighted by Crippen LogP contribution is 2.32. The molecule has 0 radical (unpaired) electrons. The molecule has 0 bridgehead atoms. The number of carbonyl (C=O) groups is 1. The van der Waals surface area contributed by atoms with E-state index < -0.39 is 24.5 Å². The van der Waals surface area contributed by atoms with Crippen molar-refractivity contribution in [2.45, 2.75) is 19.0 Å². The number of nitrogens with zero attached hydrogens (tertiary/aromatic N) is 2. The lowest BCUT2D eigenvalue weighted by Gasteiger charge is -2.34. The van der Waals surface area contributed by atoms with E-state index in [0.29, 0.717) is 0 Å². The predicted molar refractivity (Wildman–Crippen MR) is 66.9 cm³/mol. The molecule has 4 nitrogen and oxygen atoms in total. The maximum Gasteiger partial charge on any atom is 0.410 e. The molecule has 20 heavy (non-hydrogen) atoms. The van der Waals surface area contributed by atoms with Crippen LogP contribution in [0.15, 0.2) is 30.3 Å². The van der Waals surface area contributed by atoms with Crippen LogP contribution in [0.1, 0.15) is 12.0 Å². The molecule has 0 spiro atoms. The highest BCUT2D eigenvalue weighted by Gasteiger charge is 2.46. The third-order valence-corrected chi connectivity index (χ3v) is 3.22. The van der Waals surface area contributed by atoms with E-state index >= 15 is 0 Å². The summed E-state index contributed by atoms with van der Waals surface area (Å²) in [4.78, 5) is 12.7. The van der Waals surface area contributed by atoms with E-state index in [0.717, 1.165) is 10.5 Å². The lowest BCUT2D eigenvalue weighted by molar-refractivity contribution is -0.0878. The number of rotatable bonds is 2. The summed E-state index contributed by atoms with van der Waals surface area (Å²) in [7, 11) is 0. The van der Waals surface area contributed by atoms with Gasteiger partial charge in [-0.25, -0.2) is 13.6 Å². The maximum absolute atomic E-state index is 13.6. The summed E-state index contributed by atoms with van der Waals surface area (Å²) < 4.78 is 32.1. The molecule has 2 rings (SSSR count). The topological polar surface area (TPSA) is 53.3 Å². The van der Waals surface area contributed by atoms with E-state index in [1.807, 2.05) is 6.07 Å². The Kier molecular flexibility index (Phi) is 4.18. The number of piperidine rings is 1. The van der Waals surface area contributed by atoms with Gasteiger partial charge >= 0.3 is 6.09 Å². The van der Waals surface area contributed by atoms with Gasteiger partial charge in [0.05, 0.1) is 12.6 Å². The van der Waals surface area contributed by atoms with E-state index in [-0.39, 0.29) is 19.6 Å². The van der Waals surface area contributed by atoms with Crippen LogP contribution in [-0.4, -0.2) is 30.0 Å². The smallest absolute Gasteiger partial charge is 0.410 e. The molecule has 1 aromatic rings. The van der Waals surface area contributed by atoms with Crippen LogP contribution in [0.3, 0.4) is 0 Å². The molecule has 0 aliphatic carbocycles. The van der Waals surface area contributed by atoms with Gasteiger partial charge in [-0.1, -0.05) is 30.3 Å². The lowest BCUT2D eigenvalue weighted by atomic mass is 9.95. The molecule has 0 saturated carbocycles. The molecule has 1 unspecified atom stereocenters.